The normalized spacial score (nSPS) is 11.1. The van der Waals surface area contributed by atoms with E-state index in [0.717, 1.165) is 42.5 Å². The van der Waals surface area contributed by atoms with Crippen LogP contribution in [0.1, 0.15) is 35.4 Å². The van der Waals surface area contributed by atoms with E-state index in [1.807, 2.05) is 36.4 Å². The summed E-state index contributed by atoms with van der Waals surface area (Å²) < 4.78 is 3.65. The highest BCUT2D eigenvalue weighted by atomic mass is 16.1. The first-order valence-electron chi connectivity index (χ1n) is 9.75. The first-order valence-corrected chi connectivity index (χ1v) is 9.75. The van der Waals surface area contributed by atoms with Gasteiger partial charge < -0.3 is 9.88 Å². The van der Waals surface area contributed by atoms with Crippen molar-refractivity contribution in [3.63, 3.8) is 0 Å². The molecule has 4 rings (SSSR count). The lowest BCUT2D eigenvalue weighted by molar-refractivity contribution is 0.0952. The van der Waals surface area contributed by atoms with Crippen LogP contribution < -0.4 is 5.32 Å². The van der Waals surface area contributed by atoms with Crippen molar-refractivity contribution >= 4 is 16.9 Å². The minimum Gasteiger partial charge on any atom is -0.352 e. The van der Waals surface area contributed by atoms with E-state index in [1.54, 1.807) is 6.07 Å². The van der Waals surface area contributed by atoms with E-state index in [2.05, 4.69) is 38.5 Å². The molecule has 0 bridgehead atoms. The van der Waals surface area contributed by atoms with Crippen LogP contribution in [0.4, 0.5) is 0 Å². The number of carbonyl (C=O) groups is 1. The minimum absolute atomic E-state index is 0.119. The summed E-state index contributed by atoms with van der Waals surface area (Å²) in [6.07, 6.45) is 5.39. The summed E-state index contributed by atoms with van der Waals surface area (Å²) in [7, 11) is 2.06. The van der Waals surface area contributed by atoms with Crippen LogP contribution in [0.25, 0.3) is 16.7 Å². The molecule has 0 aliphatic rings. The number of nitrogens with zero attached hydrogens (tertiary/aromatic N) is 6. The Hall–Kier alpha value is -3.55. The second-order valence-corrected chi connectivity index (χ2v) is 6.91. The zero-order chi connectivity index (χ0) is 20.1. The average Bonchev–Trinajstić information content (AvgIpc) is 3.39. The molecule has 8 nitrogen and oxygen atoms in total. The van der Waals surface area contributed by atoms with Gasteiger partial charge in [0.15, 0.2) is 0 Å². The van der Waals surface area contributed by atoms with Gasteiger partial charge in [0.05, 0.1) is 22.3 Å². The van der Waals surface area contributed by atoms with Gasteiger partial charge in [-0.3, -0.25) is 4.79 Å². The maximum Gasteiger partial charge on any atom is 0.253 e. The van der Waals surface area contributed by atoms with Gasteiger partial charge >= 0.3 is 0 Å². The van der Waals surface area contributed by atoms with Crippen molar-refractivity contribution < 1.29 is 4.79 Å². The molecule has 0 fully saturated rings. The Kier molecular flexibility index (Phi) is 5.60. The third-order valence-electron chi connectivity index (χ3n) is 4.99. The number of nitrogens with one attached hydrogen (secondary N) is 1. The molecule has 4 aromatic rings. The number of aromatic nitrogens is 6. The van der Waals surface area contributed by atoms with Crippen LogP contribution in [-0.4, -0.2) is 42.2 Å². The molecule has 2 aromatic carbocycles. The number of amides is 1. The molecule has 29 heavy (non-hydrogen) atoms. The van der Waals surface area contributed by atoms with Crippen molar-refractivity contribution in [2.75, 3.05) is 6.54 Å². The Morgan fingerprint density at radius 3 is 2.69 bits per heavy atom. The predicted molar refractivity (Wildman–Crippen MR) is 110 cm³/mol. The number of unbranched alkanes of at least 4 members (excludes halogenated alkanes) is 2. The number of fused-ring (bicyclic) bond motifs is 1. The number of carbonyl (C=O) groups excluding carboxylic acids is 1. The van der Waals surface area contributed by atoms with Gasteiger partial charge in [-0.05, 0) is 47.5 Å². The molecule has 1 amide bonds. The van der Waals surface area contributed by atoms with E-state index in [9.17, 15) is 4.79 Å². The average molecular weight is 389 g/mol. The molecule has 0 radical (unpaired) electrons. The minimum atomic E-state index is -0.119. The fourth-order valence-corrected chi connectivity index (χ4v) is 3.44. The molecule has 0 atom stereocenters. The third-order valence-corrected chi connectivity index (χ3v) is 4.99. The van der Waals surface area contributed by atoms with E-state index < -0.39 is 0 Å². The number of hydrogen-bond acceptors (Lipinski definition) is 5. The van der Waals surface area contributed by atoms with Crippen molar-refractivity contribution in [1.82, 2.24) is 35.1 Å². The molecule has 2 aromatic heterocycles. The maximum atomic E-state index is 12.6. The smallest absolute Gasteiger partial charge is 0.253 e. The summed E-state index contributed by atoms with van der Waals surface area (Å²) >= 11 is 0. The van der Waals surface area contributed by atoms with E-state index >= 15 is 0 Å². The van der Waals surface area contributed by atoms with Crippen LogP contribution in [0.5, 0.6) is 0 Å². The highest BCUT2D eigenvalue weighted by molar-refractivity contribution is 5.97. The number of para-hydroxylation sites is 3. The quantitative estimate of drug-likeness (QED) is 0.468. The number of hydrogen-bond donors (Lipinski definition) is 1. The van der Waals surface area contributed by atoms with Gasteiger partial charge in [-0.2, -0.15) is 4.68 Å². The summed E-state index contributed by atoms with van der Waals surface area (Å²) in [5, 5.41) is 14.1. The van der Waals surface area contributed by atoms with Gasteiger partial charge in [-0.25, -0.2) is 4.98 Å². The van der Waals surface area contributed by atoms with Crippen LogP contribution in [-0.2, 0) is 13.5 Å². The van der Waals surface area contributed by atoms with Gasteiger partial charge in [0.25, 0.3) is 5.91 Å². The summed E-state index contributed by atoms with van der Waals surface area (Å²) in [4.78, 5) is 17.3. The Balaban J connectivity index is 1.25. The van der Waals surface area contributed by atoms with Crippen molar-refractivity contribution in [2.45, 2.75) is 25.7 Å². The zero-order valence-electron chi connectivity index (χ0n) is 16.3. The van der Waals surface area contributed by atoms with Crippen LogP contribution in [0.3, 0.4) is 0 Å². The summed E-state index contributed by atoms with van der Waals surface area (Å²) in [6.45, 7) is 0.630. The molecule has 1 N–H and O–H groups in total. The molecular formula is C21H23N7O. The van der Waals surface area contributed by atoms with E-state index in [4.69, 9.17) is 4.98 Å². The lowest BCUT2D eigenvalue weighted by atomic mass is 10.1. The number of imidazole rings is 1. The van der Waals surface area contributed by atoms with Crippen LogP contribution in [0.2, 0.25) is 0 Å². The summed E-state index contributed by atoms with van der Waals surface area (Å²) in [6, 6.07) is 15.5. The molecule has 0 spiro atoms. The molecule has 0 unspecified atom stereocenters. The predicted octanol–water partition coefficient (Wildman–Crippen LogP) is 2.69. The topological polar surface area (TPSA) is 90.5 Å². The Morgan fingerprint density at radius 1 is 1.03 bits per heavy atom. The fourth-order valence-electron chi connectivity index (χ4n) is 3.44. The Morgan fingerprint density at radius 2 is 1.86 bits per heavy atom. The van der Waals surface area contributed by atoms with Crippen molar-refractivity contribution in [2.24, 2.45) is 7.05 Å². The molecular weight excluding hydrogens is 366 g/mol. The first kappa shape index (κ1) is 18.8. The Bertz CT molecular complexity index is 1100. The molecule has 0 saturated heterocycles. The molecule has 0 aliphatic heterocycles. The fraction of sp³-hybridized carbons (Fsp3) is 0.286. The van der Waals surface area contributed by atoms with Gasteiger partial charge in [-0.15, -0.1) is 5.10 Å². The number of benzene rings is 2. The molecule has 0 aliphatic carbocycles. The maximum absolute atomic E-state index is 12.6. The third kappa shape index (κ3) is 4.16. The molecule has 2 heterocycles. The van der Waals surface area contributed by atoms with Crippen LogP contribution in [0, 0.1) is 0 Å². The largest absolute Gasteiger partial charge is 0.352 e. The lowest BCUT2D eigenvalue weighted by Crippen LogP contribution is -2.25. The summed E-state index contributed by atoms with van der Waals surface area (Å²) in [5.41, 5.74) is 3.42. The van der Waals surface area contributed by atoms with Crippen LogP contribution >= 0.6 is 0 Å². The van der Waals surface area contributed by atoms with E-state index in [0.29, 0.717) is 17.8 Å². The number of aryl methyl sites for hydroxylation is 2. The van der Waals surface area contributed by atoms with Crippen molar-refractivity contribution in [3.8, 4) is 5.69 Å². The lowest BCUT2D eigenvalue weighted by Gasteiger charge is -2.09. The Labute approximate surface area is 168 Å². The molecule has 0 saturated carbocycles. The van der Waals surface area contributed by atoms with E-state index in [-0.39, 0.29) is 5.91 Å². The van der Waals surface area contributed by atoms with Crippen LogP contribution in [0.15, 0.2) is 54.9 Å². The van der Waals surface area contributed by atoms with Gasteiger partial charge in [0.1, 0.15) is 12.2 Å². The van der Waals surface area contributed by atoms with Gasteiger partial charge in [0, 0.05) is 20.0 Å². The second-order valence-electron chi connectivity index (χ2n) is 6.91. The van der Waals surface area contributed by atoms with Gasteiger partial charge in [0.2, 0.25) is 0 Å². The number of tetrazole rings is 1. The highest BCUT2D eigenvalue weighted by Gasteiger charge is 2.12. The van der Waals surface area contributed by atoms with E-state index in [1.165, 1.54) is 11.0 Å². The second kappa shape index (κ2) is 8.64. The number of rotatable bonds is 8. The van der Waals surface area contributed by atoms with Gasteiger partial charge in [-0.1, -0.05) is 30.7 Å². The SMILES string of the molecule is Cn1c(CCCCCNC(=O)c2ccccc2-n2cnnn2)nc2ccccc21. The zero-order valence-corrected chi connectivity index (χ0v) is 16.3. The van der Waals surface area contributed by atoms with Crippen molar-refractivity contribution in [3.05, 3.63) is 66.2 Å². The standard InChI is InChI=1S/C21H23N7O/c1-27-19-12-7-5-10-17(19)24-20(27)13-3-2-8-14-22-21(29)16-9-4-6-11-18(16)28-15-23-25-26-28/h4-7,9-12,15H,2-3,8,13-14H2,1H3,(H,22,29). The molecule has 148 valence electrons. The van der Waals surface area contributed by atoms with Crippen molar-refractivity contribution in [1.29, 1.82) is 0 Å². The first-order chi connectivity index (χ1) is 14.2. The summed E-state index contributed by atoms with van der Waals surface area (Å²) in [5.74, 6) is 0.983. The molecule has 8 heteroatoms. The highest BCUT2D eigenvalue weighted by Crippen LogP contribution is 2.16. The monoisotopic (exact) mass is 389 g/mol.